The Labute approximate surface area is 189 Å². The van der Waals surface area contributed by atoms with Gasteiger partial charge in [-0.2, -0.15) is 0 Å². The van der Waals surface area contributed by atoms with Crippen LogP contribution in [-0.4, -0.2) is 40.3 Å². The van der Waals surface area contributed by atoms with E-state index in [1.807, 2.05) is 65.8 Å². The van der Waals surface area contributed by atoms with Crippen molar-refractivity contribution in [2.75, 3.05) is 17.6 Å². The number of rotatable bonds is 5. The van der Waals surface area contributed by atoms with Gasteiger partial charge in [-0.15, -0.1) is 0 Å². The molecule has 1 N–H and O–H groups in total. The van der Waals surface area contributed by atoms with Gasteiger partial charge in [-0.1, -0.05) is 44.7 Å². The molecule has 1 amide bonds. The molecule has 3 rings (SSSR count). The monoisotopic (exact) mass is 443 g/mol. The van der Waals surface area contributed by atoms with Crippen molar-refractivity contribution in [3.8, 4) is 0 Å². The summed E-state index contributed by atoms with van der Waals surface area (Å²) in [6, 6.07) is 7.48. The van der Waals surface area contributed by atoms with Crippen molar-refractivity contribution in [1.29, 1.82) is 0 Å². The Balaban J connectivity index is 1.96. The summed E-state index contributed by atoms with van der Waals surface area (Å²) in [5.41, 5.74) is 2.85. The number of nitrogens with one attached hydrogen (secondary N) is 1. The van der Waals surface area contributed by atoms with Crippen LogP contribution in [0, 0.1) is 5.41 Å². The molecule has 31 heavy (non-hydrogen) atoms. The molecule has 2 aliphatic heterocycles. The number of fused-ring (bicyclic) bond motifs is 1. The molecule has 168 valence electrons. The molecule has 0 radical (unpaired) electrons. The molecule has 2 aliphatic rings. The molecule has 0 spiro atoms. The van der Waals surface area contributed by atoms with Crippen LogP contribution >= 0.6 is 11.8 Å². The van der Waals surface area contributed by atoms with E-state index in [4.69, 9.17) is 9.73 Å². The summed E-state index contributed by atoms with van der Waals surface area (Å²) in [5.74, 6) is 0.664. The number of carbonyl (C=O) groups is 2. The Bertz CT molecular complexity index is 915. The SMILES string of the molecule is CC1=C(C(=O)OC(C)C)C(c2cccc(NC(=O)CC(C)(C)C)c2)N2CCCSC2=N1. The van der Waals surface area contributed by atoms with Crippen molar-refractivity contribution in [2.45, 2.75) is 66.5 Å². The minimum Gasteiger partial charge on any atom is -0.459 e. The van der Waals surface area contributed by atoms with Crippen LogP contribution in [-0.2, 0) is 14.3 Å². The lowest BCUT2D eigenvalue weighted by molar-refractivity contribution is -0.143. The standard InChI is InChI=1S/C24H33N3O3S/c1-15(2)30-22(29)20-16(3)25-23-27(11-8-12-31-23)21(20)17-9-7-10-18(13-17)26-19(28)14-24(4,5)6/h7,9-10,13,15,21H,8,11-12,14H2,1-6H3,(H,26,28). The maximum absolute atomic E-state index is 13.0. The van der Waals surface area contributed by atoms with Crippen molar-refractivity contribution < 1.29 is 14.3 Å². The topological polar surface area (TPSA) is 71.0 Å². The summed E-state index contributed by atoms with van der Waals surface area (Å²) in [4.78, 5) is 32.4. The Morgan fingerprint density at radius 3 is 2.74 bits per heavy atom. The summed E-state index contributed by atoms with van der Waals surface area (Å²) >= 11 is 1.72. The third kappa shape index (κ3) is 5.91. The first-order valence-corrected chi connectivity index (χ1v) is 11.8. The van der Waals surface area contributed by atoms with E-state index in [1.165, 1.54) is 0 Å². The zero-order chi connectivity index (χ0) is 22.8. The number of hydrogen-bond acceptors (Lipinski definition) is 6. The molecule has 7 heteroatoms. The number of amides is 1. The first-order chi connectivity index (χ1) is 14.5. The van der Waals surface area contributed by atoms with E-state index in [-0.39, 0.29) is 29.4 Å². The highest BCUT2D eigenvalue weighted by atomic mass is 32.2. The molecule has 2 heterocycles. The van der Waals surface area contributed by atoms with Gasteiger partial charge in [0.15, 0.2) is 5.17 Å². The van der Waals surface area contributed by atoms with Gasteiger partial charge in [-0.25, -0.2) is 9.79 Å². The van der Waals surface area contributed by atoms with E-state index in [0.717, 1.165) is 35.1 Å². The van der Waals surface area contributed by atoms with Crippen LogP contribution in [0.5, 0.6) is 0 Å². The fourth-order valence-corrected chi connectivity index (χ4v) is 4.85. The van der Waals surface area contributed by atoms with Crippen molar-refractivity contribution in [2.24, 2.45) is 10.4 Å². The third-order valence-electron chi connectivity index (χ3n) is 5.00. The number of carbonyl (C=O) groups excluding carboxylic acids is 2. The molecule has 1 atom stereocenters. The average Bonchev–Trinajstić information content (AvgIpc) is 2.64. The number of hydrogen-bond donors (Lipinski definition) is 1. The lowest BCUT2D eigenvalue weighted by Gasteiger charge is -2.40. The molecule has 0 saturated carbocycles. The highest BCUT2D eigenvalue weighted by Crippen LogP contribution is 2.40. The maximum Gasteiger partial charge on any atom is 0.338 e. The van der Waals surface area contributed by atoms with Gasteiger partial charge in [-0.3, -0.25) is 4.79 Å². The number of benzene rings is 1. The molecule has 0 bridgehead atoms. The van der Waals surface area contributed by atoms with Gasteiger partial charge in [0, 0.05) is 24.4 Å². The van der Waals surface area contributed by atoms with Gasteiger partial charge in [-0.05, 0) is 50.3 Å². The minimum atomic E-state index is -0.335. The molecule has 1 aromatic carbocycles. The van der Waals surface area contributed by atoms with E-state index in [9.17, 15) is 9.59 Å². The number of anilines is 1. The predicted octanol–water partition coefficient (Wildman–Crippen LogP) is 5.14. The molecule has 1 aromatic rings. The Hall–Kier alpha value is -2.28. The number of aliphatic imine (C=N–C) groups is 1. The van der Waals surface area contributed by atoms with Crippen molar-refractivity contribution in [3.63, 3.8) is 0 Å². The number of ether oxygens (including phenoxy) is 1. The normalized spacial score (nSPS) is 19.1. The summed E-state index contributed by atoms with van der Waals surface area (Å²) in [7, 11) is 0. The molecule has 1 saturated heterocycles. The van der Waals surface area contributed by atoms with Crippen LogP contribution in [0.3, 0.4) is 0 Å². The van der Waals surface area contributed by atoms with Gasteiger partial charge in [0.25, 0.3) is 0 Å². The van der Waals surface area contributed by atoms with Gasteiger partial charge in [0.2, 0.25) is 5.91 Å². The second-order valence-corrected chi connectivity index (χ2v) is 10.6. The predicted molar refractivity (Wildman–Crippen MR) is 127 cm³/mol. The van der Waals surface area contributed by atoms with Crippen LogP contribution in [0.4, 0.5) is 5.69 Å². The average molecular weight is 444 g/mol. The Morgan fingerprint density at radius 1 is 1.32 bits per heavy atom. The lowest BCUT2D eigenvalue weighted by Crippen LogP contribution is -2.42. The molecule has 1 unspecified atom stereocenters. The molecular formula is C24H33N3O3S. The zero-order valence-electron chi connectivity index (χ0n) is 19.3. The largest absolute Gasteiger partial charge is 0.459 e. The lowest BCUT2D eigenvalue weighted by atomic mass is 9.91. The highest BCUT2D eigenvalue weighted by Gasteiger charge is 2.38. The first kappa shape index (κ1) is 23.4. The van der Waals surface area contributed by atoms with Gasteiger partial charge >= 0.3 is 5.97 Å². The zero-order valence-corrected chi connectivity index (χ0v) is 20.1. The van der Waals surface area contributed by atoms with Crippen LogP contribution in [0.15, 0.2) is 40.5 Å². The highest BCUT2D eigenvalue weighted by molar-refractivity contribution is 8.13. The fourth-order valence-electron chi connectivity index (χ4n) is 3.83. The third-order valence-corrected chi connectivity index (χ3v) is 6.07. The second-order valence-electron chi connectivity index (χ2n) is 9.56. The van der Waals surface area contributed by atoms with Gasteiger partial charge in [0.05, 0.1) is 23.4 Å². The number of thioether (sulfide) groups is 1. The van der Waals surface area contributed by atoms with Crippen LogP contribution in [0.25, 0.3) is 0 Å². The number of esters is 1. The van der Waals surface area contributed by atoms with Gasteiger partial charge < -0.3 is 15.0 Å². The smallest absolute Gasteiger partial charge is 0.338 e. The van der Waals surface area contributed by atoms with E-state index < -0.39 is 0 Å². The molecule has 0 aromatic heterocycles. The molecular weight excluding hydrogens is 410 g/mol. The van der Waals surface area contributed by atoms with Crippen LogP contribution in [0.1, 0.15) is 66.0 Å². The van der Waals surface area contributed by atoms with Gasteiger partial charge in [0.1, 0.15) is 0 Å². The quantitative estimate of drug-likeness (QED) is 0.638. The number of allylic oxidation sites excluding steroid dienone is 1. The molecule has 6 nitrogen and oxygen atoms in total. The van der Waals surface area contributed by atoms with Crippen molar-refractivity contribution >= 4 is 34.5 Å². The van der Waals surface area contributed by atoms with Crippen molar-refractivity contribution in [1.82, 2.24) is 4.90 Å². The van der Waals surface area contributed by atoms with E-state index in [0.29, 0.717) is 17.7 Å². The summed E-state index contributed by atoms with van der Waals surface area (Å²) in [5, 5.41) is 3.95. The Kier molecular flexibility index (Phi) is 7.14. The van der Waals surface area contributed by atoms with E-state index >= 15 is 0 Å². The molecule has 1 fully saturated rings. The fraction of sp³-hybridized carbons (Fsp3) is 0.542. The van der Waals surface area contributed by atoms with Crippen LogP contribution in [0.2, 0.25) is 0 Å². The minimum absolute atomic E-state index is 0.0183. The summed E-state index contributed by atoms with van der Waals surface area (Å²) in [6.45, 7) is 12.5. The second kappa shape index (κ2) is 9.47. The molecule has 0 aliphatic carbocycles. The number of nitrogens with zero attached hydrogens (tertiary/aromatic N) is 2. The number of amidine groups is 1. The Morgan fingerprint density at radius 2 is 2.06 bits per heavy atom. The van der Waals surface area contributed by atoms with Crippen LogP contribution < -0.4 is 5.32 Å². The summed E-state index contributed by atoms with van der Waals surface area (Å²) < 4.78 is 5.57. The summed E-state index contributed by atoms with van der Waals surface area (Å²) in [6.07, 6.45) is 1.25. The van der Waals surface area contributed by atoms with E-state index in [2.05, 4.69) is 10.2 Å². The van der Waals surface area contributed by atoms with E-state index in [1.54, 1.807) is 11.8 Å². The van der Waals surface area contributed by atoms with Crippen molar-refractivity contribution in [3.05, 3.63) is 41.1 Å². The first-order valence-electron chi connectivity index (χ1n) is 10.8. The maximum atomic E-state index is 13.0.